The fourth-order valence-corrected chi connectivity index (χ4v) is 2.06. The van der Waals surface area contributed by atoms with Gasteiger partial charge < -0.3 is 4.52 Å². The second-order valence-electron chi connectivity index (χ2n) is 4.71. The third-order valence-electron chi connectivity index (χ3n) is 2.94. The van der Waals surface area contributed by atoms with Crippen molar-refractivity contribution in [3.8, 4) is 11.5 Å². The van der Waals surface area contributed by atoms with Crippen molar-refractivity contribution in [2.24, 2.45) is 0 Å². The molecule has 7 nitrogen and oxygen atoms in total. The molecular formula is C14H16N6O. The highest BCUT2D eigenvalue weighted by Crippen LogP contribution is 2.15. The molecule has 0 bridgehead atoms. The zero-order valence-corrected chi connectivity index (χ0v) is 12.0. The molecule has 0 saturated carbocycles. The molecule has 0 saturated heterocycles. The van der Waals surface area contributed by atoms with E-state index in [2.05, 4.69) is 32.1 Å². The summed E-state index contributed by atoms with van der Waals surface area (Å²) in [5, 5.41) is 8.32. The lowest BCUT2D eigenvalue weighted by atomic mass is 10.3. The molecule has 108 valence electrons. The fraction of sp³-hybridized carbons (Fsp3) is 0.357. The first kappa shape index (κ1) is 13.4. The summed E-state index contributed by atoms with van der Waals surface area (Å²) < 4.78 is 6.99. The van der Waals surface area contributed by atoms with E-state index in [-0.39, 0.29) is 0 Å². The van der Waals surface area contributed by atoms with Crippen LogP contribution in [0.5, 0.6) is 0 Å². The average molecular weight is 284 g/mol. The molecule has 0 aliphatic carbocycles. The lowest BCUT2D eigenvalue weighted by molar-refractivity contribution is 0.361. The average Bonchev–Trinajstić information content (AvgIpc) is 3.07. The minimum Gasteiger partial charge on any atom is -0.337 e. The predicted molar refractivity (Wildman–Crippen MR) is 75.4 cm³/mol. The van der Waals surface area contributed by atoms with Crippen LogP contribution in [-0.2, 0) is 13.0 Å². The largest absolute Gasteiger partial charge is 0.337 e. The van der Waals surface area contributed by atoms with Crippen LogP contribution in [0.3, 0.4) is 0 Å². The molecule has 0 aromatic carbocycles. The van der Waals surface area contributed by atoms with E-state index in [1.54, 1.807) is 10.9 Å². The van der Waals surface area contributed by atoms with E-state index in [1.165, 1.54) is 0 Å². The molecular weight excluding hydrogens is 268 g/mol. The van der Waals surface area contributed by atoms with Crippen LogP contribution in [0.2, 0.25) is 0 Å². The lowest BCUT2D eigenvalue weighted by Gasteiger charge is -2.01. The van der Waals surface area contributed by atoms with Crippen LogP contribution in [0.4, 0.5) is 0 Å². The molecule has 0 spiro atoms. The topological polar surface area (TPSA) is 82.5 Å². The maximum absolute atomic E-state index is 5.25. The maximum Gasteiger partial charge on any atom is 0.248 e. The minimum atomic E-state index is 0.392. The quantitative estimate of drug-likeness (QED) is 0.713. The Morgan fingerprint density at radius 2 is 2.14 bits per heavy atom. The summed E-state index contributed by atoms with van der Waals surface area (Å²) in [6.07, 6.45) is 3.53. The van der Waals surface area contributed by atoms with Crippen LogP contribution >= 0.6 is 0 Å². The molecule has 21 heavy (non-hydrogen) atoms. The number of aromatic nitrogens is 6. The first-order valence-corrected chi connectivity index (χ1v) is 6.90. The summed E-state index contributed by atoms with van der Waals surface area (Å²) in [6, 6.07) is 5.69. The molecule has 0 aliphatic heterocycles. The van der Waals surface area contributed by atoms with Gasteiger partial charge in [0, 0.05) is 12.6 Å². The summed E-state index contributed by atoms with van der Waals surface area (Å²) in [5.74, 6) is 2.64. The van der Waals surface area contributed by atoms with Crippen LogP contribution in [0.25, 0.3) is 11.5 Å². The van der Waals surface area contributed by atoms with Crippen LogP contribution in [0.1, 0.15) is 30.9 Å². The summed E-state index contributed by atoms with van der Waals surface area (Å²) in [4.78, 5) is 13.1. The number of aryl methyl sites for hydroxylation is 2. The Balaban J connectivity index is 1.88. The van der Waals surface area contributed by atoms with E-state index in [9.17, 15) is 0 Å². The van der Waals surface area contributed by atoms with Crippen molar-refractivity contribution in [3.05, 3.63) is 41.9 Å². The SMILES string of the molecule is CCCc1noc(Cn2nc(C)nc2-c2ccccn2)n1. The molecule has 3 aromatic heterocycles. The van der Waals surface area contributed by atoms with E-state index in [4.69, 9.17) is 4.52 Å². The second kappa shape index (κ2) is 5.82. The van der Waals surface area contributed by atoms with Crippen molar-refractivity contribution >= 4 is 0 Å². The van der Waals surface area contributed by atoms with Crippen LogP contribution in [0, 0.1) is 6.92 Å². The van der Waals surface area contributed by atoms with Gasteiger partial charge in [0.05, 0.1) is 0 Å². The Hall–Kier alpha value is -2.57. The molecule has 0 N–H and O–H groups in total. The first-order chi connectivity index (χ1) is 10.3. The van der Waals surface area contributed by atoms with E-state index in [1.807, 2.05) is 25.1 Å². The molecule has 7 heteroatoms. The number of hydrogen-bond acceptors (Lipinski definition) is 6. The fourth-order valence-electron chi connectivity index (χ4n) is 2.06. The van der Waals surface area contributed by atoms with Gasteiger partial charge in [-0.25, -0.2) is 9.67 Å². The van der Waals surface area contributed by atoms with Gasteiger partial charge in [0.15, 0.2) is 11.6 Å². The van der Waals surface area contributed by atoms with E-state index in [0.717, 1.165) is 24.4 Å². The Kier molecular flexibility index (Phi) is 3.72. The highest BCUT2D eigenvalue weighted by molar-refractivity contribution is 5.48. The van der Waals surface area contributed by atoms with Crippen LogP contribution < -0.4 is 0 Å². The zero-order chi connectivity index (χ0) is 14.7. The van der Waals surface area contributed by atoms with E-state index in [0.29, 0.717) is 24.1 Å². The number of hydrogen-bond donors (Lipinski definition) is 0. The van der Waals surface area contributed by atoms with Gasteiger partial charge in [0.2, 0.25) is 5.89 Å². The monoisotopic (exact) mass is 284 g/mol. The van der Waals surface area contributed by atoms with Gasteiger partial charge in [-0.05, 0) is 25.5 Å². The van der Waals surface area contributed by atoms with Gasteiger partial charge in [0.25, 0.3) is 0 Å². The Labute approximate surface area is 122 Å². The van der Waals surface area contributed by atoms with Gasteiger partial charge in [-0.2, -0.15) is 10.1 Å². The van der Waals surface area contributed by atoms with Crippen molar-refractivity contribution < 1.29 is 4.52 Å². The molecule has 0 unspecified atom stereocenters. The summed E-state index contributed by atoms with van der Waals surface area (Å²) in [6.45, 7) is 4.32. The molecule has 0 fully saturated rings. The van der Waals surface area contributed by atoms with Crippen molar-refractivity contribution in [2.75, 3.05) is 0 Å². The molecule has 3 rings (SSSR count). The van der Waals surface area contributed by atoms with Crippen molar-refractivity contribution in [3.63, 3.8) is 0 Å². The summed E-state index contributed by atoms with van der Waals surface area (Å²) in [5.41, 5.74) is 0.770. The normalized spacial score (nSPS) is 11.0. The molecule has 3 aromatic rings. The van der Waals surface area contributed by atoms with E-state index >= 15 is 0 Å². The molecule has 0 atom stereocenters. The highest BCUT2D eigenvalue weighted by atomic mass is 16.5. The number of nitrogens with zero attached hydrogens (tertiary/aromatic N) is 6. The number of rotatable bonds is 5. The van der Waals surface area contributed by atoms with Crippen molar-refractivity contribution in [2.45, 2.75) is 33.2 Å². The van der Waals surface area contributed by atoms with E-state index < -0.39 is 0 Å². The van der Waals surface area contributed by atoms with Gasteiger partial charge in [-0.3, -0.25) is 4.98 Å². The molecule has 0 aliphatic rings. The summed E-state index contributed by atoms with van der Waals surface area (Å²) in [7, 11) is 0. The van der Waals surface area contributed by atoms with Crippen molar-refractivity contribution in [1.29, 1.82) is 0 Å². The predicted octanol–water partition coefficient (Wildman–Crippen LogP) is 2.03. The lowest BCUT2D eigenvalue weighted by Crippen LogP contribution is -2.05. The minimum absolute atomic E-state index is 0.392. The molecule has 0 radical (unpaired) electrons. The Morgan fingerprint density at radius 3 is 2.90 bits per heavy atom. The highest BCUT2D eigenvalue weighted by Gasteiger charge is 2.14. The van der Waals surface area contributed by atoms with Crippen LogP contribution in [0.15, 0.2) is 28.9 Å². The summed E-state index contributed by atoms with van der Waals surface area (Å²) >= 11 is 0. The van der Waals surface area contributed by atoms with Gasteiger partial charge in [-0.15, -0.1) is 0 Å². The standard InChI is InChI=1S/C14H16N6O/c1-3-6-12-17-13(21-19-12)9-20-14(16-10(2)18-20)11-7-4-5-8-15-11/h4-5,7-8H,3,6,9H2,1-2H3. The number of pyridine rings is 1. The smallest absolute Gasteiger partial charge is 0.248 e. The maximum atomic E-state index is 5.25. The third-order valence-corrected chi connectivity index (χ3v) is 2.94. The molecule has 3 heterocycles. The van der Waals surface area contributed by atoms with Crippen molar-refractivity contribution in [1.82, 2.24) is 29.9 Å². The first-order valence-electron chi connectivity index (χ1n) is 6.90. The molecule has 0 amide bonds. The van der Waals surface area contributed by atoms with Gasteiger partial charge in [-0.1, -0.05) is 18.1 Å². The zero-order valence-electron chi connectivity index (χ0n) is 12.0. The van der Waals surface area contributed by atoms with Gasteiger partial charge >= 0.3 is 0 Å². The second-order valence-corrected chi connectivity index (χ2v) is 4.71. The Morgan fingerprint density at radius 1 is 1.24 bits per heavy atom. The van der Waals surface area contributed by atoms with Gasteiger partial charge in [0.1, 0.15) is 18.1 Å². The third kappa shape index (κ3) is 2.96. The van der Waals surface area contributed by atoms with Crippen LogP contribution in [-0.4, -0.2) is 29.9 Å². The Bertz CT molecular complexity index is 718.